The van der Waals surface area contributed by atoms with E-state index in [0.717, 1.165) is 21.7 Å². The second-order valence-corrected chi connectivity index (χ2v) is 9.89. The number of amides is 2. The first-order valence-corrected chi connectivity index (χ1v) is 12.9. The molecule has 12 nitrogen and oxygen atoms in total. The predicted molar refractivity (Wildman–Crippen MR) is 154 cm³/mol. The molecule has 0 fully saturated rings. The smallest absolute Gasteiger partial charge is 0.219 e. The van der Waals surface area contributed by atoms with Crippen LogP contribution >= 0.6 is 0 Å². The molecule has 4 aromatic carbocycles. The summed E-state index contributed by atoms with van der Waals surface area (Å²) in [7, 11) is 0. The molecule has 8 rings (SSSR count). The van der Waals surface area contributed by atoms with E-state index in [0.29, 0.717) is 70.6 Å². The first kappa shape index (κ1) is 30.8. The molecule has 0 saturated carbocycles. The van der Waals surface area contributed by atoms with Crippen LogP contribution in [0.2, 0.25) is 0 Å². The number of nitro groups is 2. The van der Waals surface area contributed by atoms with E-state index in [9.17, 15) is 29.8 Å². The molecule has 6 aromatic rings. The number of nitro benzene ring substituents is 2. The first-order valence-electron chi connectivity index (χ1n) is 12.9. The van der Waals surface area contributed by atoms with Gasteiger partial charge in [-0.15, -0.1) is 0 Å². The van der Waals surface area contributed by atoms with E-state index in [1.165, 1.54) is 21.9 Å². The molecule has 2 aliphatic rings. The summed E-state index contributed by atoms with van der Waals surface area (Å²) in [6, 6.07) is 17.8. The number of para-hydroxylation sites is 2. The molecule has 0 unspecified atom stereocenters. The van der Waals surface area contributed by atoms with Gasteiger partial charge in [-0.1, -0.05) is 47.5 Å². The van der Waals surface area contributed by atoms with Crippen LogP contribution in [0.5, 0.6) is 0 Å². The second kappa shape index (κ2) is 11.8. The van der Waals surface area contributed by atoms with Gasteiger partial charge in [0.1, 0.15) is 22.3 Å². The standard InChI is InChI=1S/2C15H9N2O4.2V/c18-8-16-6-5-10-14-9-3-1-2-4-12(9)21-13(14)7-11(15(10)16)17(19)20;18-8-16-6-5-10-14(16)12(17(19)20)7-11-9-3-1-2-4-13(9)21-15(10)11;;/h2*1-4,7H,5-6H2;;/q2*-1;;. The molecule has 0 atom stereocenters. The van der Waals surface area contributed by atoms with Crippen LogP contribution in [0.15, 0.2) is 69.5 Å². The summed E-state index contributed by atoms with van der Waals surface area (Å²) in [5.41, 5.74) is 4.42. The Balaban J connectivity index is 0.000000167. The van der Waals surface area contributed by atoms with Gasteiger partial charge >= 0.3 is 0 Å². The van der Waals surface area contributed by atoms with Crippen molar-refractivity contribution in [2.75, 3.05) is 22.9 Å². The third-order valence-electron chi connectivity index (χ3n) is 7.76. The number of benzene rings is 4. The van der Waals surface area contributed by atoms with Crippen molar-refractivity contribution < 1.29 is 65.4 Å². The monoisotopic (exact) mass is 664 g/mol. The van der Waals surface area contributed by atoms with Crippen LogP contribution in [0.4, 0.5) is 22.7 Å². The van der Waals surface area contributed by atoms with Crippen LogP contribution < -0.4 is 9.80 Å². The molecule has 2 aliphatic heterocycles. The SMILES string of the molecule is O=[C-]N1CCc2c1c([N+](=O)[O-])cc1c2oc2ccccc21.O=[C-]N1CCc2c1c([N+](=O)[O-])cc1oc3ccccc3c21.[V].[V]. The van der Waals surface area contributed by atoms with E-state index in [4.69, 9.17) is 8.83 Å². The Kier molecular flexibility index (Phi) is 8.28. The third-order valence-corrected chi connectivity index (χ3v) is 7.76. The average Bonchev–Trinajstić information content (AvgIpc) is 3.77. The minimum absolute atomic E-state index is 0. The van der Waals surface area contributed by atoms with Crippen LogP contribution in [-0.2, 0) is 59.5 Å². The summed E-state index contributed by atoms with van der Waals surface area (Å²) in [5.74, 6) is 0. The Bertz CT molecular complexity index is 2130. The molecule has 0 aliphatic carbocycles. The zero-order valence-electron chi connectivity index (χ0n) is 22.6. The van der Waals surface area contributed by atoms with Gasteiger partial charge in [-0.2, -0.15) is 0 Å². The minimum Gasteiger partial charge on any atom is -0.471 e. The molecule has 0 bridgehead atoms. The molecule has 0 N–H and O–H groups in total. The van der Waals surface area contributed by atoms with Gasteiger partial charge in [-0.05, 0) is 49.4 Å². The van der Waals surface area contributed by atoms with Gasteiger partial charge in [-0.25, -0.2) is 0 Å². The zero-order valence-corrected chi connectivity index (χ0v) is 25.3. The van der Waals surface area contributed by atoms with Crippen molar-refractivity contribution in [3.8, 4) is 0 Å². The number of fused-ring (bicyclic) bond motifs is 10. The summed E-state index contributed by atoms with van der Waals surface area (Å²) in [6.45, 7) is 0.786. The molecule has 4 heterocycles. The number of hydrogen-bond acceptors (Lipinski definition) is 8. The predicted octanol–water partition coefficient (Wildman–Crippen LogP) is 5.84. The van der Waals surface area contributed by atoms with Gasteiger partial charge in [0, 0.05) is 80.6 Å². The van der Waals surface area contributed by atoms with Crippen LogP contribution in [0.1, 0.15) is 11.1 Å². The van der Waals surface area contributed by atoms with Crippen molar-refractivity contribution in [2.45, 2.75) is 12.8 Å². The van der Waals surface area contributed by atoms with Crippen molar-refractivity contribution >= 4 is 79.4 Å². The maximum absolute atomic E-state index is 11.3. The molecular formula is C30H18N4O8V2-2. The minimum atomic E-state index is -0.485. The van der Waals surface area contributed by atoms with Gasteiger partial charge < -0.3 is 28.2 Å². The molecule has 218 valence electrons. The Labute approximate surface area is 271 Å². The van der Waals surface area contributed by atoms with Crippen molar-refractivity contribution in [1.82, 2.24) is 0 Å². The van der Waals surface area contributed by atoms with Crippen molar-refractivity contribution in [1.29, 1.82) is 0 Å². The summed E-state index contributed by atoms with van der Waals surface area (Å²) in [5, 5.41) is 25.9. The van der Waals surface area contributed by atoms with Crippen LogP contribution in [-0.4, -0.2) is 35.8 Å². The number of furan rings is 2. The first-order chi connectivity index (χ1) is 20.4. The zero-order chi connectivity index (χ0) is 29.1. The summed E-state index contributed by atoms with van der Waals surface area (Å²) in [4.78, 5) is 46.2. The molecule has 0 spiro atoms. The number of nitrogens with zero attached hydrogens (tertiary/aromatic N) is 4. The Hall–Kier alpha value is -4.61. The van der Waals surface area contributed by atoms with Crippen LogP contribution in [0.25, 0.3) is 43.9 Å². The third kappa shape index (κ3) is 4.63. The van der Waals surface area contributed by atoms with Gasteiger partial charge in [0.05, 0.1) is 12.8 Å². The molecule has 2 aromatic heterocycles. The fraction of sp³-hybridized carbons (Fsp3) is 0.133. The van der Waals surface area contributed by atoms with Crippen molar-refractivity contribution in [2.24, 2.45) is 0 Å². The Morgan fingerprint density at radius 3 is 1.80 bits per heavy atom. The normalized spacial score (nSPS) is 13.2. The van der Waals surface area contributed by atoms with E-state index in [-0.39, 0.29) is 48.5 Å². The van der Waals surface area contributed by atoms with Gasteiger partial charge in [0.15, 0.2) is 0 Å². The van der Waals surface area contributed by atoms with E-state index < -0.39 is 9.85 Å². The Morgan fingerprint density at radius 1 is 0.659 bits per heavy atom. The second-order valence-electron chi connectivity index (χ2n) is 9.89. The van der Waals surface area contributed by atoms with Gasteiger partial charge in [0.25, 0.3) is 0 Å². The largest absolute Gasteiger partial charge is 0.471 e. The van der Waals surface area contributed by atoms with Gasteiger partial charge in [0.2, 0.25) is 11.4 Å². The quantitative estimate of drug-likeness (QED) is 0.129. The number of anilines is 2. The summed E-state index contributed by atoms with van der Waals surface area (Å²) in [6.07, 6.45) is 4.61. The van der Waals surface area contributed by atoms with Crippen LogP contribution in [0.3, 0.4) is 0 Å². The van der Waals surface area contributed by atoms with Crippen molar-refractivity contribution in [3.05, 3.63) is 92.0 Å². The summed E-state index contributed by atoms with van der Waals surface area (Å²) >= 11 is 0. The fourth-order valence-corrected chi connectivity index (χ4v) is 6.05. The Morgan fingerprint density at radius 2 is 1.18 bits per heavy atom. The molecular weight excluding hydrogens is 646 g/mol. The van der Waals surface area contributed by atoms with E-state index in [2.05, 4.69) is 0 Å². The summed E-state index contributed by atoms with van der Waals surface area (Å²) < 4.78 is 11.6. The number of hydrogen-bond donors (Lipinski definition) is 0. The van der Waals surface area contributed by atoms with E-state index in [1.807, 2.05) is 48.5 Å². The average molecular weight is 664 g/mol. The van der Waals surface area contributed by atoms with Gasteiger partial charge in [-0.3, -0.25) is 20.2 Å². The van der Waals surface area contributed by atoms with E-state index >= 15 is 0 Å². The molecule has 0 saturated heterocycles. The topological polar surface area (TPSA) is 153 Å². The number of carbonyl (C=O) groups excluding carboxylic acids is 2. The van der Waals surface area contributed by atoms with Crippen LogP contribution in [0, 0.1) is 20.2 Å². The fourth-order valence-electron chi connectivity index (χ4n) is 6.05. The van der Waals surface area contributed by atoms with E-state index in [1.54, 1.807) is 12.8 Å². The molecule has 2 amide bonds. The molecule has 44 heavy (non-hydrogen) atoms. The maximum atomic E-state index is 11.3. The molecule has 14 heteroatoms. The van der Waals surface area contributed by atoms with Crippen molar-refractivity contribution in [3.63, 3.8) is 0 Å². The maximum Gasteiger partial charge on any atom is 0.219 e. The molecule has 2 radical (unpaired) electrons. The number of rotatable bonds is 4.